The topological polar surface area (TPSA) is 9.23 Å². The predicted octanol–water partition coefficient (Wildman–Crippen LogP) is 3.51. The second-order valence-electron chi connectivity index (χ2n) is 4.00. The molecule has 0 radical (unpaired) electrons. The first-order valence-electron chi connectivity index (χ1n) is 4.98. The Balaban J connectivity index is 2.25. The summed E-state index contributed by atoms with van der Waals surface area (Å²) < 4.78 is 5.15. The molecular formula is C12H15BrO. The molecule has 1 saturated carbocycles. The van der Waals surface area contributed by atoms with Gasteiger partial charge in [0.15, 0.2) is 0 Å². The van der Waals surface area contributed by atoms with Gasteiger partial charge in [0.2, 0.25) is 0 Å². The Morgan fingerprint density at radius 3 is 2.21 bits per heavy atom. The summed E-state index contributed by atoms with van der Waals surface area (Å²) in [5.41, 5.74) is 1.83. The van der Waals surface area contributed by atoms with E-state index in [9.17, 15) is 0 Å². The number of ether oxygens (including phenoxy) is 1. The molecular weight excluding hydrogens is 240 g/mol. The smallest absolute Gasteiger partial charge is 0.118 e. The molecule has 2 heteroatoms. The van der Waals surface area contributed by atoms with E-state index in [1.807, 2.05) is 12.1 Å². The fourth-order valence-electron chi connectivity index (χ4n) is 1.97. The third-order valence-electron chi connectivity index (χ3n) is 3.22. The molecule has 76 valence electrons. The first-order valence-corrected chi connectivity index (χ1v) is 5.89. The van der Waals surface area contributed by atoms with Crippen LogP contribution in [0.2, 0.25) is 0 Å². The van der Waals surface area contributed by atoms with Gasteiger partial charge in [0.05, 0.1) is 7.11 Å². The first-order chi connectivity index (χ1) is 6.69. The highest BCUT2D eigenvalue weighted by molar-refractivity contribution is 9.09. The summed E-state index contributed by atoms with van der Waals surface area (Å²) in [6.45, 7) is 2.23. The number of methoxy groups -OCH3 is 1. The second-order valence-corrected chi connectivity index (χ2v) is 5.37. The molecule has 0 saturated heterocycles. The summed E-state index contributed by atoms with van der Waals surface area (Å²) in [5, 5.41) is 0. The minimum Gasteiger partial charge on any atom is -0.497 e. The van der Waals surface area contributed by atoms with Crippen molar-refractivity contribution in [2.24, 2.45) is 0 Å². The average molecular weight is 255 g/mol. The zero-order valence-corrected chi connectivity index (χ0v) is 10.2. The molecule has 0 aliphatic heterocycles. The molecule has 1 fully saturated rings. The molecule has 0 heterocycles. The first kappa shape index (κ1) is 10.0. The van der Waals surface area contributed by atoms with Gasteiger partial charge in [-0.05, 0) is 30.5 Å². The number of benzene rings is 1. The van der Waals surface area contributed by atoms with E-state index in [1.165, 1.54) is 18.4 Å². The maximum absolute atomic E-state index is 5.15. The Hall–Kier alpha value is -0.500. The summed E-state index contributed by atoms with van der Waals surface area (Å²) in [6.07, 6.45) is 2.59. The van der Waals surface area contributed by atoms with Gasteiger partial charge in [0.25, 0.3) is 0 Å². The quantitative estimate of drug-likeness (QED) is 0.751. The van der Waals surface area contributed by atoms with Gasteiger partial charge in [0, 0.05) is 10.2 Å². The van der Waals surface area contributed by atoms with Crippen molar-refractivity contribution in [2.75, 3.05) is 7.11 Å². The van der Waals surface area contributed by atoms with Crippen molar-refractivity contribution in [3.8, 4) is 5.75 Å². The zero-order chi connectivity index (χ0) is 10.2. The highest BCUT2D eigenvalue weighted by Crippen LogP contribution is 2.53. The zero-order valence-electron chi connectivity index (χ0n) is 8.59. The van der Waals surface area contributed by atoms with Crippen LogP contribution in [0.15, 0.2) is 24.3 Å². The molecule has 14 heavy (non-hydrogen) atoms. The predicted molar refractivity (Wildman–Crippen MR) is 62.3 cm³/mol. The second kappa shape index (κ2) is 3.58. The fourth-order valence-corrected chi connectivity index (χ4v) is 2.70. The fraction of sp³-hybridized carbons (Fsp3) is 0.500. The van der Waals surface area contributed by atoms with Gasteiger partial charge in [-0.3, -0.25) is 0 Å². The minimum absolute atomic E-state index is 0.395. The van der Waals surface area contributed by atoms with Crippen LogP contribution in [0.25, 0.3) is 0 Å². The van der Waals surface area contributed by atoms with E-state index >= 15 is 0 Å². The number of alkyl halides is 1. The van der Waals surface area contributed by atoms with Crippen LogP contribution in [0.5, 0.6) is 5.75 Å². The lowest BCUT2D eigenvalue weighted by Crippen LogP contribution is -2.16. The molecule has 0 bridgehead atoms. The lowest BCUT2D eigenvalue weighted by Gasteiger charge is -2.18. The van der Waals surface area contributed by atoms with Gasteiger partial charge < -0.3 is 4.74 Å². The van der Waals surface area contributed by atoms with Crippen LogP contribution in [0.3, 0.4) is 0 Å². The van der Waals surface area contributed by atoms with Crippen molar-refractivity contribution in [3.63, 3.8) is 0 Å². The third kappa shape index (κ3) is 1.56. The molecule has 1 nitrogen and oxygen atoms in total. The van der Waals surface area contributed by atoms with E-state index < -0.39 is 0 Å². The normalized spacial score (nSPS) is 20.2. The molecule has 1 aromatic carbocycles. The molecule has 1 aliphatic rings. The van der Waals surface area contributed by atoms with Gasteiger partial charge in [-0.15, -0.1) is 0 Å². The van der Waals surface area contributed by atoms with Gasteiger partial charge in [-0.1, -0.05) is 35.0 Å². The van der Waals surface area contributed by atoms with E-state index in [1.54, 1.807) is 7.11 Å². The van der Waals surface area contributed by atoms with Crippen LogP contribution in [-0.4, -0.2) is 11.9 Å². The number of rotatable bonds is 3. The lowest BCUT2D eigenvalue weighted by atomic mass is 9.93. The van der Waals surface area contributed by atoms with Crippen LogP contribution in [0.4, 0.5) is 0 Å². The van der Waals surface area contributed by atoms with Crippen molar-refractivity contribution < 1.29 is 4.74 Å². The maximum Gasteiger partial charge on any atom is 0.118 e. The highest BCUT2D eigenvalue weighted by atomic mass is 79.9. The minimum atomic E-state index is 0.395. The summed E-state index contributed by atoms with van der Waals surface area (Å²) in [6, 6.07) is 8.46. The number of halogens is 1. The van der Waals surface area contributed by atoms with E-state index in [-0.39, 0.29) is 0 Å². The largest absolute Gasteiger partial charge is 0.497 e. The van der Waals surface area contributed by atoms with Crippen LogP contribution < -0.4 is 4.74 Å². The molecule has 1 atom stereocenters. The van der Waals surface area contributed by atoms with Crippen LogP contribution in [-0.2, 0) is 5.41 Å². The van der Waals surface area contributed by atoms with Crippen molar-refractivity contribution in [1.82, 2.24) is 0 Å². The van der Waals surface area contributed by atoms with Crippen LogP contribution in [0, 0.1) is 0 Å². The molecule has 0 aromatic heterocycles. The van der Waals surface area contributed by atoms with E-state index in [0.717, 1.165) is 5.75 Å². The Morgan fingerprint density at radius 2 is 1.86 bits per heavy atom. The summed E-state index contributed by atoms with van der Waals surface area (Å²) in [5.74, 6) is 0.937. The monoisotopic (exact) mass is 254 g/mol. The summed E-state index contributed by atoms with van der Waals surface area (Å²) in [7, 11) is 1.70. The molecule has 2 rings (SSSR count). The Bertz CT molecular complexity index is 312. The highest BCUT2D eigenvalue weighted by Gasteiger charge is 2.47. The Labute approximate surface area is 93.6 Å². The standard InChI is InChI=1S/C12H15BrO/c1-9(13)12(7-8-12)10-3-5-11(14-2)6-4-10/h3-6,9H,7-8H2,1-2H3. The average Bonchev–Trinajstić information content (AvgIpc) is 2.99. The number of hydrogen-bond acceptors (Lipinski definition) is 1. The molecule has 0 spiro atoms. The maximum atomic E-state index is 5.15. The van der Waals surface area contributed by atoms with E-state index in [4.69, 9.17) is 4.74 Å². The van der Waals surface area contributed by atoms with Gasteiger partial charge in [-0.2, -0.15) is 0 Å². The summed E-state index contributed by atoms with van der Waals surface area (Å²) >= 11 is 3.70. The Morgan fingerprint density at radius 1 is 1.29 bits per heavy atom. The lowest BCUT2D eigenvalue weighted by molar-refractivity contribution is 0.414. The third-order valence-corrected chi connectivity index (χ3v) is 4.09. The van der Waals surface area contributed by atoms with Crippen molar-refractivity contribution >= 4 is 15.9 Å². The van der Waals surface area contributed by atoms with Gasteiger partial charge in [0.1, 0.15) is 5.75 Å². The van der Waals surface area contributed by atoms with Crippen LogP contribution in [0.1, 0.15) is 25.3 Å². The molecule has 1 aliphatic carbocycles. The molecule has 0 amide bonds. The van der Waals surface area contributed by atoms with Crippen molar-refractivity contribution in [2.45, 2.75) is 30.0 Å². The number of hydrogen-bond donors (Lipinski definition) is 0. The molecule has 0 N–H and O–H groups in total. The molecule has 1 unspecified atom stereocenters. The molecule has 1 aromatic rings. The van der Waals surface area contributed by atoms with E-state index in [2.05, 4.69) is 35.0 Å². The SMILES string of the molecule is COc1ccc(C2(C(C)Br)CC2)cc1. The van der Waals surface area contributed by atoms with Crippen LogP contribution >= 0.6 is 15.9 Å². The van der Waals surface area contributed by atoms with Gasteiger partial charge in [-0.25, -0.2) is 0 Å². The van der Waals surface area contributed by atoms with E-state index in [0.29, 0.717) is 10.2 Å². The van der Waals surface area contributed by atoms with Gasteiger partial charge >= 0.3 is 0 Å². The van der Waals surface area contributed by atoms with Crippen molar-refractivity contribution in [3.05, 3.63) is 29.8 Å². The summed E-state index contributed by atoms with van der Waals surface area (Å²) in [4.78, 5) is 0.559. The Kier molecular flexibility index (Phi) is 2.56. The van der Waals surface area contributed by atoms with Crippen molar-refractivity contribution in [1.29, 1.82) is 0 Å².